The smallest absolute Gasteiger partial charge is 0.263 e. The molecule has 1 aromatic carbocycles. The SMILES string of the molecule is CC(O)c1ccc(S(=O)(=O)Nc2ncccc2Br)cc1. The van der Waals surface area contributed by atoms with Gasteiger partial charge in [0.25, 0.3) is 10.0 Å². The van der Waals surface area contributed by atoms with Gasteiger partial charge in [-0.15, -0.1) is 0 Å². The molecule has 1 aromatic heterocycles. The lowest BCUT2D eigenvalue weighted by atomic mass is 10.1. The van der Waals surface area contributed by atoms with Crippen LogP contribution in [0.5, 0.6) is 0 Å². The van der Waals surface area contributed by atoms with E-state index in [2.05, 4.69) is 25.6 Å². The summed E-state index contributed by atoms with van der Waals surface area (Å²) in [6, 6.07) is 9.43. The second-order valence-electron chi connectivity index (χ2n) is 4.18. The molecule has 0 aliphatic carbocycles. The fourth-order valence-electron chi connectivity index (χ4n) is 1.57. The molecule has 0 aliphatic rings. The molecule has 0 fully saturated rings. The fourth-order valence-corrected chi connectivity index (χ4v) is 3.09. The van der Waals surface area contributed by atoms with Crippen molar-refractivity contribution in [2.24, 2.45) is 0 Å². The molecular weight excluding hydrogens is 344 g/mol. The average Bonchev–Trinajstić information content (AvgIpc) is 2.41. The molecule has 0 saturated carbocycles. The number of rotatable bonds is 4. The van der Waals surface area contributed by atoms with Crippen LogP contribution >= 0.6 is 15.9 Å². The summed E-state index contributed by atoms with van der Waals surface area (Å²) >= 11 is 3.23. The molecule has 1 atom stereocenters. The van der Waals surface area contributed by atoms with Crippen LogP contribution in [0.1, 0.15) is 18.6 Å². The molecule has 2 rings (SSSR count). The molecule has 0 spiro atoms. The molecule has 1 heterocycles. The molecule has 2 N–H and O–H groups in total. The molecule has 0 bridgehead atoms. The summed E-state index contributed by atoms with van der Waals surface area (Å²) in [4.78, 5) is 4.07. The predicted molar refractivity (Wildman–Crippen MR) is 79.8 cm³/mol. The number of nitrogens with one attached hydrogen (secondary N) is 1. The quantitative estimate of drug-likeness (QED) is 0.882. The number of hydrogen-bond donors (Lipinski definition) is 2. The number of hydrogen-bond acceptors (Lipinski definition) is 4. The number of sulfonamides is 1. The number of anilines is 1. The van der Waals surface area contributed by atoms with Crippen LogP contribution in [0.15, 0.2) is 52.0 Å². The predicted octanol–water partition coefficient (Wildman–Crippen LogP) is 2.70. The highest BCUT2D eigenvalue weighted by Gasteiger charge is 2.16. The summed E-state index contributed by atoms with van der Waals surface area (Å²) < 4.78 is 27.4. The molecule has 106 valence electrons. The van der Waals surface area contributed by atoms with E-state index in [0.29, 0.717) is 10.0 Å². The highest BCUT2D eigenvalue weighted by atomic mass is 79.9. The van der Waals surface area contributed by atoms with Gasteiger partial charge >= 0.3 is 0 Å². The van der Waals surface area contributed by atoms with Crippen molar-refractivity contribution >= 4 is 31.8 Å². The van der Waals surface area contributed by atoms with Gasteiger partial charge < -0.3 is 5.11 Å². The molecule has 2 aromatic rings. The average molecular weight is 357 g/mol. The number of aromatic nitrogens is 1. The largest absolute Gasteiger partial charge is 0.389 e. The van der Waals surface area contributed by atoms with Gasteiger partial charge in [-0.2, -0.15) is 0 Å². The van der Waals surface area contributed by atoms with Crippen LogP contribution in [0.3, 0.4) is 0 Å². The van der Waals surface area contributed by atoms with Crippen molar-refractivity contribution in [2.75, 3.05) is 4.72 Å². The maximum Gasteiger partial charge on any atom is 0.263 e. The summed E-state index contributed by atoms with van der Waals surface area (Å²) in [7, 11) is -3.70. The van der Waals surface area contributed by atoms with Crippen LogP contribution in [0, 0.1) is 0 Å². The first-order chi connectivity index (χ1) is 9.40. The topological polar surface area (TPSA) is 79.3 Å². The Morgan fingerprint density at radius 1 is 1.25 bits per heavy atom. The Labute approximate surface area is 125 Å². The number of halogens is 1. The van der Waals surface area contributed by atoms with Gasteiger partial charge in [0, 0.05) is 6.20 Å². The first kappa shape index (κ1) is 15.0. The monoisotopic (exact) mass is 356 g/mol. The van der Waals surface area contributed by atoms with Crippen LogP contribution in [-0.2, 0) is 10.0 Å². The van der Waals surface area contributed by atoms with Crippen molar-refractivity contribution in [2.45, 2.75) is 17.9 Å². The lowest BCUT2D eigenvalue weighted by Crippen LogP contribution is -2.14. The summed E-state index contributed by atoms with van der Waals surface area (Å²) in [6.07, 6.45) is 0.865. The molecule has 0 amide bonds. The lowest BCUT2D eigenvalue weighted by molar-refractivity contribution is 0.199. The Morgan fingerprint density at radius 3 is 2.45 bits per heavy atom. The molecule has 0 aliphatic heterocycles. The van der Waals surface area contributed by atoms with Crippen molar-refractivity contribution in [3.63, 3.8) is 0 Å². The Morgan fingerprint density at radius 2 is 1.90 bits per heavy atom. The van der Waals surface area contributed by atoms with Gasteiger partial charge in [-0.1, -0.05) is 12.1 Å². The number of aliphatic hydroxyl groups excluding tert-OH is 1. The highest BCUT2D eigenvalue weighted by Crippen LogP contribution is 2.23. The zero-order valence-corrected chi connectivity index (χ0v) is 13.0. The minimum absolute atomic E-state index is 0.111. The van der Waals surface area contributed by atoms with Gasteiger partial charge in [-0.25, -0.2) is 13.4 Å². The minimum Gasteiger partial charge on any atom is -0.389 e. The third-order valence-electron chi connectivity index (χ3n) is 2.66. The Balaban J connectivity index is 2.29. The minimum atomic E-state index is -3.70. The molecule has 20 heavy (non-hydrogen) atoms. The van der Waals surface area contributed by atoms with Gasteiger partial charge in [0.1, 0.15) is 0 Å². The van der Waals surface area contributed by atoms with Gasteiger partial charge in [0.15, 0.2) is 5.82 Å². The van der Waals surface area contributed by atoms with Gasteiger partial charge in [0.2, 0.25) is 0 Å². The molecule has 0 saturated heterocycles. The maximum absolute atomic E-state index is 12.2. The number of benzene rings is 1. The molecule has 1 unspecified atom stereocenters. The van der Waals surface area contributed by atoms with Crippen LogP contribution < -0.4 is 4.72 Å². The van der Waals surface area contributed by atoms with E-state index in [1.807, 2.05) is 0 Å². The third-order valence-corrected chi connectivity index (χ3v) is 4.66. The highest BCUT2D eigenvalue weighted by molar-refractivity contribution is 9.10. The normalized spacial score (nSPS) is 12.9. The first-order valence-electron chi connectivity index (χ1n) is 5.81. The molecule has 5 nitrogen and oxygen atoms in total. The Hall–Kier alpha value is -1.44. The Bertz CT molecular complexity index is 700. The van der Waals surface area contributed by atoms with Crippen LogP contribution in [-0.4, -0.2) is 18.5 Å². The van der Waals surface area contributed by atoms with E-state index < -0.39 is 16.1 Å². The summed E-state index contributed by atoms with van der Waals surface area (Å²) in [5, 5.41) is 9.41. The van der Waals surface area contributed by atoms with Crippen LogP contribution in [0.2, 0.25) is 0 Å². The molecule has 7 heteroatoms. The molecule has 0 radical (unpaired) electrons. The van der Waals surface area contributed by atoms with Crippen molar-refractivity contribution in [1.82, 2.24) is 4.98 Å². The fraction of sp³-hybridized carbons (Fsp3) is 0.154. The second-order valence-corrected chi connectivity index (χ2v) is 6.72. The standard InChI is InChI=1S/C13H13BrN2O3S/c1-9(17)10-4-6-11(7-5-10)20(18,19)16-13-12(14)3-2-8-15-13/h2-9,17H,1H3,(H,15,16). The van der Waals surface area contributed by atoms with E-state index in [9.17, 15) is 13.5 Å². The third kappa shape index (κ3) is 3.36. The van der Waals surface area contributed by atoms with E-state index in [4.69, 9.17) is 0 Å². The van der Waals surface area contributed by atoms with E-state index in [-0.39, 0.29) is 10.7 Å². The maximum atomic E-state index is 12.2. The van der Waals surface area contributed by atoms with Crippen molar-refractivity contribution in [3.8, 4) is 0 Å². The van der Waals surface area contributed by atoms with Gasteiger partial charge in [-0.05, 0) is 52.7 Å². The lowest BCUT2D eigenvalue weighted by Gasteiger charge is -2.10. The summed E-state index contributed by atoms with van der Waals surface area (Å²) in [5.41, 5.74) is 0.656. The van der Waals surface area contributed by atoms with Gasteiger partial charge in [0.05, 0.1) is 15.5 Å². The number of pyridine rings is 1. The molecular formula is C13H13BrN2O3S. The van der Waals surface area contributed by atoms with E-state index in [1.54, 1.807) is 31.2 Å². The Kier molecular flexibility index (Phi) is 4.42. The van der Waals surface area contributed by atoms with E-state index in [1.165, 1.54) is 18.3 Å². The van der Waals surface area contributed by atoms with Crippen LogP contribution in [0.4, 0.5) is 5.82 Å². The zero-order chi connectivity index (χ0) is 14.8. The van der Waals surface area contributed by atoms with E-state index in [0.717, 1.165) is 0 Å². The van der Waals surface area contributed by atoms with E-state index >= 15 is 0 Å². The number of aliphatic hydroxyl groups is 1. The summed E-state index contributed by atoms with van der Waals surface area (Å²) in [5.74, 6) is 0.229. The first-order valence-corrected chi connectivity index (χ1v) is 8.09. The van der Waals surface area contributed by atoms with Crippen LogP contribution in [0.25, 0.3) is 0 Å². The van der Waals surface area contributed by atoms with Crippen molar-refractivity contribution < 1.29 is 13.5 Å². The summed E-state index contributed by atoms with van der Waals surface area (Å²) in [6.45, 7) is 1.62. The van der Waals surface area contributed by atoms with Crippen molar-refractivity contribution in [1.29, 1.82) is 0 Å². The zero-order valence-electron chi connectivity index (χ0n) is 10.6. The second kappa shape index (κ2) is 5.90. The van der Waals surface area contributed by atoms with Crippen molar-refractivity contribution in [3.05, 3.63) is 52.6 Å². The number of nitrogens with zero attached hydrogens (tertiary/aromatic N) is 1. The van der Waals surface area contributed by atoms with Gasteiger partial charge in [-0.3, -0.25) is 4.72 Å².